The lowest BCUT2D eigenvalue weighted by Crippen LogP contribution is -2.03. The van der Waals surface area contributed by atoms with E-state index in [2.05, 4.69) is 4.98 Å². The van der Waals surface area contributed by atoms with Crippen molar-refractivity contribution in [3.05, 3.63) is 77.5 Å². The van der Waals surface area contributed by atoms with Crippen LogP contribution in [0, 0.1) is 6.92 Å². The maximum absolute atomic E-state index is 10.6. The summed E-state index contributed by atoms with van der Waals surface area (Å²) in [5.74, 6) is 0. The summed E-state index contributed by atoms with van der Waals surface area (Å²) in [6.45, 7) is 2.01. The van der Waals surface area contributed by atoms with Gasteiger partial charge in [-0.25, -0.2) is 0 Å². The number of fused-ring (bicyclic) bond motifs is 1. The minimum Gasteiger partial charge on any atom is -0.384 e. The second-order valence-electron chi connectivity index (χ2n) is 4.68. The Bertz CT molecular complexity index is 716. The van der Waals surface area contributed by atoms with E-state index in [4.69, 9.17) is 0 Å². The van der Waals surface area contributed by atoms with Crippen LogP contribution in [-0.4, -0.2) is 10.1 Å². The minimum atomic E-state index is -0.639. The normalized spacial score (nSPS) is 12.5. The molecule has 2 aromatic carbocycles. The third-order valence-corrected chi connectivity index (χ3v) is 3.44. The highest BCUT2D eigenvalue weighted by molar-refractivity contribution is 5.82. The van der Waals surface area contributed by atoms with Crippen LogP contribution in [0.4, 0.5) is 0 Å². The van der Waals surface area contributed by atoms with Crippen LogP contribution in [0.5, 0.6) is 0 Å². The highest BCUT2D eigenvalue weighted by Crippen LogP contribution is 2.29. The second-order valence-corrected chi connectivity index (χ2v) is 4.68. The molecule has 0 amide bonds. The molecule has 3 aromatic rings. The topological polar surface area (TPSA) is 33.1 Å². The number of hydrogen-bond donors (Lipinski definition) is 1. The summed E-state index contributed by atoms with van der Waals surface area (Å²) < 4.78 is 0. The lowest BCUT2D eigenvalue weighted by atomic mass is 9.96. The Labute approximate surface area is 112 Å². The van der Waals surface area contributed by atoms with E-state index in [-0.39, 0.29) is 0 Å². The van der Waals surface area contributed by atoms with Gasteiger partial charge in [0, 0.05) is 17.1 Å². The van der Waals surface area contributed by atoms with Crippen molar-refractivity contribution in [2.45, 2.75) is 13.0 Å². The van der Waals surface area contributed by atoms with Gasteiger partial charge in [-0.2, -0.15) is 0 Å². The molecule has 3 rings (SSSR count). The Morgan fingerprint density at radius 2 is 1.63 bits per heavy atom. The van der Waals surface area contributed by atoms with Crippen LogP contribution in [0.15, 0.2) is 60.8 Å². The Morgan fingerprint density at radius 3 is 2.47 bits per heavy atom. The van der Waals surface area contributed by atoms with Crippen LogP contribution in [0.3, 0.4) is 0 Å². The number of benzene rings is 2. The summed E-state index contributed by atoms with van der Waals surface area (Å²) in [6, 6.07) is 17.7. The zero-order valence-corrected chi connectivity index (χ0v) is 10.7. The fourth-order valence-electron chi connectivity index (χ4n) is 2.41. The van der Waals surface area contributed by atoms with Crippen LogP contribution in [0.1, 0.15) is 22.8 Å². The SMILES string of the molecule is Cc1ccccc1C(O)c1cccc2cccnc12. The van der Waals surface area contributed by atoms with Crippen molar-refractivity contribution in [2.24, 2.45) is 0 Å². The van der Waals surface area contributed by atoms with Gasteiger partial charge in [0.25, 0.3) is 0 Å². The first kappa shape index (κ1) is 11.9. The van der Waals surface area contributed by atoms with Crippen molar-refractivity contribution in [1.29, 1.82) is 0 Å². The van der Waals surface area contributed by atoms with E-state index in [1.54, 1.807) is 6.20 Å². The van der Waals surface area contributed by atoms with Gasteiger partial charge in [-0.05, 0) is 24.1 Å². The first-order chi connectivity index (χ1) is 9.27. The molecule has 0 saturated heterocycles. The standard InChI is InChI=1S/C17H15NO/c1-12-6-2-3-9-14(12)17(19)15-10-4-7-13-8-5-11-18-16(13)15/h2-11,17,19H,1H3. The molecule has 0 aliphatic heterocycles. The van der Waals surface area contributed by atoms with Gasteiger partial charge in [0.15, 0.2) is 0 Å². The van der Waals surface area contributed by atoms with Gasteiger partial charge >= 0.3 is 0 Å². The number of hydrogen-bond acceptors (Lipinski definition) is 2. The fraction of sp³-hybridized carbons (Fsp3) is 0.118. The number of rotatable bonds is 2. The summed E-state index contributed by atoms with van der Waals surface area (Å²) in [5, 5.41) is 11.7. The van der Waals surface area contributed by atoms with Crippen LogP contribution < -0.4 is 0 Å². The summed E-state index contributed by atoms with van der Waals surface area (Å²) in [4.78, 5) is 4.40. The highest BCUT2D eigenvalue weighted by Gasteiger charge is 2.15. The Balaban J connectivity index is 2.17. The van der Waals surface area contributed by atoms with E-state index in [0.717, 1.165) is 27.6 Å². The molecule has 2 nitrogen and oxygen atoms in total. The molecule has 0 radical (unpaired) electrons. The van der Waals surface area contributed by atoms with Crippen molar-refractivity contribution < 1.29 is 5.11 Å². The van der Waals surface area contributed by atoms with E-state index in [1.807, 2.05) is 61.5 Å². The zero-order valence-electron chi connectivity index (χ0n) is 10.7. The third-order valence-electron chi connectivity index (χ3n) is 3.44. The van der Waals surface area contributed by atoms with E-state index in [1.165, 1.54) is 0 Å². The maximum atomic E-state index is 10.6. The molecule has 0 bridgehead atoms. The highest BCUT2D eigenvalue weighted by atomic mass is 16.3. The fourth-order valence-corrected chi connectivity index (χ4v) is 2.41. The summed E-state index contributed by atoms with van der Waals surface area (Å²) in [5.41, 5.74) is 3.73. The molecule has 0 spiro atoms. The minimum absolute atomic E-state index is 0.639. The van der Waals surface area contributed by atoms with Gasteiger partial charge < -0.3 is 5.11 Å². The lowest BCUT2D eigenvalue weighted by molar-refractivity contribution is 0.221. The average Bonchev–Trinajstić information content (AvgIpc) is 2.46. The molecule has 1 heterocycles. The Hall–Kier alpha value is -2.19. The maximum Gasteiger partial charge on any atom is 0.106 e. The average molecular weight is 249 g/mol. The van der Waals surface area contributed by atoms with Gasteiger partial charge in [0.1, 0.15) is 6.10 Å². The number of aromatic nitrogens is 1. The molecule has 1 N–H and O–H groups in total. The van der Waals surface area contributed by atoms with Crippen molar-refractivity contribution >= 4 is 10.9 Å². The number of aliphatic hydroxyl groups excluding tert-OH is 1. The number of aryl methyl sites for hydroxylation is 1. The van der Waals surface area contributed by atoms with Crippen molar-refractivity contribution in [3.63, 3.8) is 0 Å². The van der Waals surface area contributed by atoms with Crippen molar-refractivity contribution in [3.8, 4) is 0 Å². The Kier molecular flexibility index (Phi) is 3.02. The smallest absolute Gasteiger partial charge is 0.106 e. The first-order valence-electron chi connectivity index (χ1n) is 6.34. The molecule has 94 valence electrons. The van der Waals surface area contributed by atoms with E-state index in [0.29, 0.717) is 0 Å². The van der Waals surface area contributed by atoms with Gasteiger partial charge in [0.05, 0.1) is 5.52 Å². The molecular formula is C17H15NO. The Morgan fingerprint density at radius 1 is 0.895 bits per heavy atom. The summed E-state index contributed by atoms with van der Waals surface area (Å²) >= 11 is 0. The second kappa shape index (κ2) is 4.82. The van der Waals surface area contributed by atoms with Gasteiger partial charge in [-0.3, -0.25) is 4.98 Å². The molecule has 0 fully saturated rings. The number of para-hydroxylation sites is 1. The molecule has 0 aliphatic rings. The predicted octanol–water partition coefficient (Wildman–Crippen LogP) is 3.62. The van der Waals surface area contributed by atoms with Crippen LogP contribution in [-0.2, 0) is 0 Å². The van der Waals surface area contributed by atoms with Crippen LogP contribution in [0.25, 0.3) is 10.9 Å². The van der Waals surface area contributed by atoms with E-state index < -0.39 is 6.10 Å². The molecule has 1 aromatic heterocycles. The van der Waals surface area contributed by atoms with Gasteiger partial charge in [0.2, 0.25) is 0 Å². The zero-order chi connectivity index (χ0) is 13.2. The number of pyridine rings is 1. The van der Waals surface area contributed by atoms with Crippen LogP contribution in [0.2, 0.25) is 0 Å². The van der Waals surface area contributed by atoms with Gasteiger partial charge in [-0.15, -0.1) is 0 Å². The predicted molar refractivity (Wildman–Crippen MR) is 77.0 cm³/mol. The van der Waals surface area contributed by atoms with E-state index in [9.17, 15) is 5.11 Å². The largest absolute Gasteiger partial charge is 0.384 e. The number of nitrogens with zero attached hydrogens (tertiary/aromatic N) is 1. The molecule has 0 saturated carbocycles. The lowest BCUT2D eigenvalue weighted by Gasteiger charge is -2.15. The molecular weight excluding hydrogens is 234 g/mol. The summed E-state index contributed by atoms with van der Waals surface area (Å²) in [6.07, 6.45) is 1.12. The quantitative estimate of drug-likeness (QED) is 0.752. The number of aliphatic hydroxyl groups is 1. The first-order valence-corrected chi connectivity index (χ1v) is 6.34. The molecule has 19 heavy (non-hydrogen) atoms. The molecule has 2 heteroatoms. The summed E-state index contributed by atoms with van der Waals surface area (Å²) in [7, 11) is 0. The van der Waals surface area contributed by atoms with Crippen molar-refractivity contribution in [2.75, 3.05) is 0 Å². The monoisotopic (exact) mass is 249 g/mol. The van der Waals surface area contributed by atoms with Gasteiger partial charge in [-0.1, -0.05) is 48.5 Å². The van der Waals surface area contributed by atoms with E-state index >= 15 is 0 Å². The molecule has 0 aliphatic carbocycles. The molecule has 1 unspecified atom stereocenters. The van der Waals surface area contributed by atoms with Crippen LogP contribution >= 0.6 is 0 Å². The third kappa shape index (κ3) is 2.11. The van der Waals surface area contributed by atoms with Crippen molar-refractivity contribution in [1.82, 2.24) is 4.98 Å². The molecule has 1 atom stereocenters.